The molecule has 0 unspecified atom stereocenters. The molecule has 0 atom stereocenters. The summed E-state index contributed by atoms with van der Waals surface area (Å²) in [6, 6.07) is 17.1. The van der Waals surface area contributed by atoms with Gasteiger partial charge in [-0.3, -0.25) is 9.59 Å². The maximum absolute atomic E-state index is 13.1. The van der Waals surface area contributed by atoms with Crippen molar-refractivity contribution in [1.29, 1.82) is 0 Å². The summed E-state index contributed by atoms with van der Waals surface area (Å²) >= 11 is 0. The predicted molar refractivity (Wildman–Crippen MR) is 109 cm³/mol. The van der Waals surface area contributed by atoms with Crippen LogP contribution in [0.1, 0.15) is 17.5 Å². The maximum atomic E-state index is 13.1. The van der Waals surface area contributed by atoms with E-state index in [-0.39, 0.29) is 12.0 Å². The number of nitrogens with zero attached hydrogens (tertiary/aromatic N) is 1. The van der Waals surface area contributed by atoms with E-state index in [1.165, 1.54) is 7.11 Å². The third kappa shape index (κ3) is 4.58. The van der Waals surface area contributed by atoms with Crippen molar-refractivity contribution in [2.24, 2.45) is 5.73 Å². The van der Waals surface area contributed by atoms with Crippen molar-refractivity contribution in [3.8, 4) is 5.75 Å². The lowest BCUT2D eigenvalue weighted by atomic mass is 10.1. The Hall–Kier alpha value is -3.12. The van der Waals surface area contributed by atoms with E-state index in [4.69, 9.17) is 15.2 Å². The van der Waals surface area contributed by atoms with Crippen molar-refractivity contribution in [2.75, 3.05) is 20.3 Å². The van der Waals surface area contributed by atoms with E-state index < -0.39 is 5.97 Å². The van der Waals surface area contributed by atoms with Gasteiger partial charge in [0.15, 0.2) is 0 Å². The highest BCUT2D eigenvalue weighted by atomic mass is 16.5. The Balaban J connectivity index is 2.09. The molecule has 0 amide bonds. The standard InChI is InChI=1S/C22H24N2O4/c1-27-21(25)13-18-12-17-8-9-19(28-11-5-10-23)14-20(17)24(22(18)26)15-16-6-3-2-4-7-16/h2-4,6-9,12,14H,5,10-11,13,15,23H2,1H3. The summed E-state index contributed by atoms with van der Waals surface area (Å²) in [5, 5.41) is 0.862. The van der Waals surface area contributed by atoms with Gasteiger partial charge in [0.1, 0.15) is 5.75 Å². The fourth-order valence-electron chi connectivity index (χ4n) is 3.05. The van der Waals surface area contributed by atoms with Crippen LogP contribution in [0, 0.1) is 0 Å². The lowest BCUT2D eigenvalue weighted by Gasteiger charge is -2.14. The van der Waals surface area contributed by atoms with Gasteiger partial charge in [-0.2, -0.15) is 0 Å². The van der Waals surface area contributed by atoms with Crippen LogP contribution in [0.2, 0.25) is 0 Å². The summed E-state index contributed by atoms with van der Waals surface area (Å²) in [6.07, 6.45) is 0.696. The zero-order chi connectivity index (χ0) is 19.9. The zero-order valence-corrected chi connectivity index (χ0v) is 15.9. The Bertz CT molecular complexity index is 1010. The molecular weight excluding hydrogens is 356 g/mol. The van der Waals surface area contributed by atoms with Gasteiger partial charge in [0, 0.05) is 11.6 Å². The van der Waals surface area contributed by atoms with E-state index in [0.717, 1.165) is 22.9 Å². The van der Waals surface area contributed by atoms with Gasteiger partial charge < -0.3 is 19.8 Å². The lowest BCUT2D eigenvalue weighted by molar-refractivity contribution is -0.139. The molecule has 28 heavy (non-hydrogen) atoms. The van der Waals surface area contributed by atoms with E-state index in [1.54, 1.807) is 10.6 Å². The molecule has 2 N–H and O–H groups in total. The number of hydrogen-bond donors (Lipinski definition) is 1. The number of benzene rings is 2. The predicted octanol–water partition coefficient (Wildman–Crippen LogP) is 2.49. The molecule has 3 aromatic rings. The molecule has 6 nitrogen and oxygen atoms in total. The van der Waals surface area contributed by atoms with Crippen LogP contribution in [0.5, 0.6) is 5.75 Å². The summed E-state index contributed by atoms with van der Waals surface area (Å²) in [4.78, 5) is 24.8. The van der Waals surface area contributed by atoms with Gasteiger partial charge >= 0.3 is 5.97 Å². The number of nitrogens with two attached hydrogens (primary N) is 1. The van der Waals surface area contributed by atoms with Crippen LogP contribution in [0.15, 0.2) is 59.4 Å². The van der Waals surface area contributed by atoms with E-state index in [0.29, 0.717) is 31.0 Å². The number of fused-ring (bicyclic) bond motifs is 1. The summed E-state index contributed by atoms with van der Waals surface area (Å²) in [7, 11) is 1.32. The summed E-state index contributed by atoms with van der Waals surface area (Å²) < 4.78 is 12.2. The summed E-state index contributed by atoms with van der Waals surface area (Å²) in [6.45, 7) is 1.48. The van der Waals surface area contributed by atoms with Gasteiger partial charge in [-0.1, -0.05) is 30.3 Å². The van der Waals surface area contributed by atoms with Gasteiger partial charge in [0.05, 0.1) is 32.2 Å². The Morgan fingerprint density at radius 1 is 1.11 bits per heavy atom. The number of ether oxygens (including phenoxy) is 2. The van der Waals surface area contributed by atoms with E-state index in [1.807, 2.05) is 48.5 Å². The fourth-order valence-corrected chi connectivity index (χ4v) is 3.05. The Morgan fingerprint density at radius 2 is 1.89 bits per heavy atom. The van der Waals surface area contributed by atoms with Crippen molar-refractivity contribution in [3.05, 3.63) is 76.1 Å². The molecule has 0 bridgehead atoms. The molecule has 0 saturated carbocycles. The molecule has 0 aliphatic carbocycles. The topological polar surface area (TPSA) is 83.5 Å². The van der Waals surface area contributed by atoms with Crippen molar-refractivity contribution in [1.82, 2.24) is 4.57 Å². The van der Waals surface area contributed by atoms with Gasteiger partial charge in [0.25, 0.3) is 5.56 Å². The van der Waals surface area contributed by atoms with Crippen LogP contribution in [-0.4, -0.2) is 30.8 Å². The largest absolute Gasteiger partial charge is 0.493 e. The van der Waals surface area contributed by atoms with Crippen LogP contribution >= 0.6 is 0 Å². The molecule has 0 radical (unpaired) electrons. The minimum atomic E-state index is -0.440. The molecule has 0 aliphatic rings. The zero-order valence-electron chi connectivity index (χ0n) is 15.9. The van der Waals surface area contributed by atoms with Gasteiger partial charge in [-0.25, -0.2) is 0 Å². The molecule has 146 valence electrons. The van der Waals surface area contributed by atoms with Crippen LogP contribution < -0.4 is 16.0 Å². The van der Waals surface area contributed by atoms with Crippen LogP contribution in [-0.2, 0) is 22.5 Å². The molecule has 3 rings (SSSR count). The minimum Gasteiger partial charge on any atom is -0.493 e. The average Bonchev–Trinajstić information content (AvgIpc) is 2.72. The fraction of sp³-hybridized carbons (Fsp3) is 0.273. The number of rotatable bonds is 8. The normalized spacial score (nSPS) is 10.8. The van der Waals surface area contributed by atoms with Crippen LogP contribution in [0.4, 0.5) is 0 Å². The molecule has 0 spiro atoms. The van der Waals surface area contributed by atoms with Crippen LogP contribution in [0.25, 0.3) is 10.9 Å². The highest BCUT2D eigenvalue weighted by Gasteiger charge is 2.14. The quantitative estimate of drug-likeness (QED) is 0.479. The van der Waals surface area contributed by atoms with E-state index >= 15 is 0 Å². The molecule has 0 saturated heterocycles. The second-order valence-corrected chi connectivity index (χ2v) is 6.51. The number of carbonyl (C=O) groups excluding carboxylic acids is 1. The number of carbonyl (C=O) groups is 1. The first-order chi connectivity index (χ1) is 13.6. The number of aromatic nitrogens is 1. The van der Waals surface area contributed by atoms with Crippen LogP contribution in [0.3, 0.4) is 0 Å². The number of esters is 1. The molecule has 1 heterocycles. The van der Waals surface area contributed by atoms with Gasteiger partial charge in [0.2, 0.25) is 0 Å². The Morgan fingerprint density at radius 3 is 2.61 bits per heavy atom. The second kappa shape index (κ2) is 9.19. The first kappa shape index (κ1) is 19.6. The molecule has 0 aliphatic heterocycles. The number of hydrogen-bond acceptors (Lipinski definition) is 5. The molecular formula is C22H24N2O4. The van der Waals surface area contributed by atoms with E-state index in [2.05, 4.69) is 0 Å². The van der Waals surface area contributed by atoms with Crippen molar-refractivity contribution < 1.29 is 14.3 Å². The second-order valence-electron chi connectivity index (χ2n) is 6.51. The monoisotopic (exact) mass is 380 g/mol. The molecule has 1 aromatic heterocycles. The van der Waals surface area contributed by atoms with Crippen molar-refractivity contribution in [3.63, 3.8) is 0 Å². The average molecular weight is 380 g/mol. The SMILES string of the molecule is COC(=O)Cc1cc2ccc(OCCCN)cc2n(Cc2ccccc2)c1=O. The molecule has 2 aromatic carbocycles. The number of pyridine rings is 1. The maximum Gasteiger partial charge on any atom is 0.310 e. The smallest absolute Gasteiger partial charge is 0.310 e. The molecule has 0 fully saturated rings. The third-order valence-electron chi connectivity index (χ3n) is 4.51. The van der Waals surface area contributed by atoms with E-state index in [9.17, 15) is 9.59 Å². The highest BCUT2D eigenvalue weighted by Crippen LogP contribution is 2.22. The lowest BCUT2D eigenvalue weighted by Crippen LogP contribution is -2.26. The summed E-state index contributed by atoms with van der Waals surface area (Å²) in [5.74, 6) is 0.243. The first-order valence-electron chi connectivity index (χ1n) is 9.22. The Kier molecular flexibility index (Phi) is 6.45. The third-order valence-corrected chi connectivity index (χ3v) is 4.51. The Labute approximate surface area is 163 Å². The first-order valence-corrected chi connectivity index (χ1v) is 9.22. The van der Waals surface area contributed by atoms with Crippen molar-refractivity contribution >= 4 is 16.9 Å². The van der Waals surface area contributed by atoms with Gasteiger partial charge in [-0.15, -0.1) is 0 Å². The van der Waals surface area contributed by atoms with Gasteiger partial charge in [-0.05, 0) is 42.1 Å². The number of methoxy groups -OCH3 is 1. The molecule has 6 heteroatoms. The summed E-state index contributed by atoms with van der Waals surface area (Å²) in [5.41, 5.74) is 7.47. The highest BCUT2D eigenvalue weighted by molar-refractivity contribution is 5.83. The van der Waals surface area contributed by atoms with Crippen molar-refractivity contribution in [2.45, 2.75) is 19.4 Å². The minimum absolute atomic E-state index is 0.0607.